The fraction of sp³-hybridized carbons (Fsp3) is 1.00. The Morgan fingerprint density at radius 1 is 1.46 bits per heavy atom. The summed E-state index contributed by atoms with van der Waals surface area (Å²) in [6.45, 7) is 7.28. The number of nitrogens with one attached hydrogen (secondary N) is 1. The second-order valence-electron chi connectivity index (χ2n) is 4.27. The minimum atomic E-state index is 0.823. The van der Waals surface area contributed by atoms with Gasteiger partial charge in [-0.05, 0) is 31.1 Å². The number of thioether (sulfide) groups is 1. The van der Waals surface area contributed by atoms with Gasteiger partial charge in [-0.15, -0.1) is 11.8 Å². The summed E-state index contributed by atoms with van der Waals surface area (Å²) in [5, 5.41) is 4.34. The summed E-state index contributed by atoms with van der Waals surface area (Å²) in [6, 6.07) is 0. The molecule has 2 aliphatic heterocycles. The van der Waals surface area contributed by atoms with E-state index >= 15 is 0 Å². The van der Waals surface area contributed by atoms with E-state index in [1.807, 2.05) is 0 Å². The van der Waals surface area contributed by atoms with Crippen LogP contribution in [0.4, 0.5) is 0 Å². The van der Waals surface area contributed by atoms with Crippen molar-refractivity contribution in [3.63, 3.8) is 0 Å². The summed E-state index contributed by atoms with van der Waals surface area (Å²) in [4.78, 5) is 2.68. The highest BCUT2D eigenvalue weighted by atomic mass is 32.2. The summed E-state index contributed by atoms with van der Waals surface area (Å²) in [5.74, 6) is 2.20. The van der Waals surface area contributed by atoms with Gasteiger partial charge < -0.3 is 5.32 Å². The van der Waals surface area contributed by atoms with Crippen LogP contribution in [0.25, 0.3) is 0 Å². The van der Waals surface area contributed by atoms with Crippen LogP contribution in [0.5, 0.6) is 0 Å². The van der Waals surface area contributed by atoms with Gasteiger partial charge in [-0.25, -0.2) is 0 Å². The average molecular weight is 200 g/mol. The van der Waals surface area contributed by atoms with Crippen LogP contribution in [0.1, 0.15) is 19.8 Å². The quantitative estimate of drug-likeness (QED) is 0.688. The summed E-state index contributed by atoms with van der Waals surface area (Å²) < 4.78 is 0. The van der Waals surface area contributed by atoms with E-state index in [2.05, 4.69) is 28.9 Å². The van der Waals surface area contributed by atoms with Crippen molar-refractivity contribution in [1.82, 2.24) is 10.2 Å². The second-order valence-corrected chi connectivity index (χ2v) is 5.56. The highest BCUT2D eigenvalue weighted by Crippen LogP contribution is 2.29. The lowest BCUT2D eigenvalue weighted by atomic mass is 10.1. The highest BCUT2D eigenvalue weighted by Gasteiger charge is 2.25. The van der Waals surface area contributed by atoms with Gasteiger partial charge in [0, 0.05) is 19.6 Å². The minimum absolute atomic E-state index is 0.823. The zero-order valence-electron chi connectivity index (χ0n) is 8.46. The maximum atomic E-state index is 3.50. The van der Waals surface area contributed by atoms with Gasteiger partial charge in [0.25, 0.3) is 0 Å². The third kappa shape index (κ3) is 2.61. The molecular formula is C10H20N2S. The molecule has 1 N–H and O–H groups in total. The van der Waals surface area contributed by atoms with Crippen LogP contribution in [-0.4, -0.2) is 42.2 Å². The molecule has 2 heterocycles. The van der Waals surface area contributed by atoms with Crippen molar-refractivity contribution in [2.75, 3.05) is 31.9 Å². The molecule has 2 aliphatic rings. The van der Waals surface area contributed by atoms with Gasteiger partial charge >= 0.3 is 0 Å². The van der Waals surface area contributed by atoms with Gasteiger partial charge in [-0.2, -0.15) is 0 Å². The van der Waals surface area contributed by atoms with Crippen LogP contribution < -0.4 is 5.32 Å². The average Bonchev–Trinajstić information content (AvgIpc) is 2.56. The summed E-state index contributed by atoms with van der Waals surface area (Å²) in [7, 11) is 0. The van der Waals surface area contributed by atoms with E-state index in [1.54, 1.807) is 0 Å². The monoisotopic (exact) mass is 200 g/mol. The van der Waals surface area contributed by atoms with E-state index in [9.17, 15) is 0 Å². The number of hydrogen-bond acceptors (Lipinski definition) is 3. The molecule has 0 radical (unpaired) electrons. The van der Waals surface area contributed by atoms with Crippen LogP contribution in [0, 0.1) is 5.92 Å². The van der Waals surface area contributed by atoms with Crippen LogP contribution >= 0.6 is 11.8 Å². The normalized spacial score (nSPS) is 37.6. The molecule has 0 bridgehead atoms. The van der Waals surface area contributed by atoms with E-state index in [0.717, 1.165) is 11.3 Å². The van der Waals surface area contributed by atoms with Gasteiger partial charge in [0.05, 0.1) is 5.37 Å². The van der Waals surface area contributed by atoms with Crippen LogP contribution in [0.2, 0.25) is 0 Å². The van der Waals surface area contributed by atoms with E-state index < -0.39 is 0 Å². The predicted octanol–water partition coefficient (Wildman–Crippen LogP) is 1.38. The molecule has 2 rings (SSSR count). The molecule has 0 saturated carbocycles. The Balaban J connectivity index is 1.88. The van der Waals surface area contributed by atoms with E-state index in [1.165, 1.54) is 44.8 Å². The van der Waals surface area contributed by atoms with Crippen molar-refractivity contribution < 1.29 is 0 Å². The Morgan fingerprint density at radius 2 is 2.38 bits per heavy atom. The van der Waals surface area contributed by atoms with Gasteiger partial charge in [0.2, 0.25) is 0 Å². The van der Waals surface area contributed by atoms with Crippen molar-refractivity contribution in [3.05, 3.63) is 0 Å². The molecule has 2 atom stereocenters. The Hall–Kier alpha value is 0.270. The van der Waals surface area contributed by atoms with Gasteiger partial charge in [-0.3, -0.25) is 4.90 Å². The van der Waals surface area contributed by atoms with Crippen LogP contribution in [-0.2, 0) is 0 Å². The summed E-state index contributed by atoms with van der Waals surface area (Å²) in [6.07, 6.45) is 2.84. The molecule has 0 aromatic heterocycles. The lowest BCUT2D eigenvalue weighted by molar-refractivity contribution is 0.244. The Bertz CT molecular complexity index is 157. The standard InChI is InChI=1S/C10H20N2S/c1-9-7-11-4-5-12(8-9)10-3-2-6-13-10/h9-11H,2-8H2,1H3. The van der Waals surface area contributed by atoms with Gasteiger partial charge in [0.1, 0.15) is 0 Å². The molecule has 2 unspecified atom stereocenters. The SMILES string of the molecule is CC1CNCCN(C2CCCS2)C1. The third-order valence-electron chi connectivity index (χ3n) is 2.93. The predicted molar refractivity (Wildman–Crippen MR) is 59.1 cm³/mol. The molecule has 0 spiro atoms. The van der Waals surface area contributed by atoms with Crippen LogP contribution in [0.3, 0.4) is 0 Å². The van der Waals surface area contributed by atoms with Crippen molar-refractivity contribution >= 4 is 11.8 Å². The van der Waals surface area contributed by atoms with E-state index in [4.69, 9.17) is 0 Å². The molecule has 0 amide bonds. The van der Waals surface area contributed by atoms with E-state index in [-0.39, 0.29) is 0 Å². The minimum Gasteiger partial charge on any atom is -0.315 e. The van der Waals surface area contributed by atoms with E-state index in [0.29, 0.717) is 0 Å². The molecule has 0 aromatic carbocycles. The Morgan fingerprint density at radius 3 is 3.15 bits per heavy atom. The second kappa shape index (κ2) is 4.67. The molecule has 76 valence electrons. The lowest BCUT2D eigenvalue weighted by Gasteiger charge is -2.27. The summed E-state index contributed by atoms with van der Waals surface area (Å²) in [5.41, 5.74) is 0. The topological polar surface area (TPSA) is 15.3 Å². The molecule has 13 heavy (non-hydrogen) atoms. The smallest absolute Gasteiger partial charge is 0.0558 e. The first-order valence-electron chi connectivity index (χ1n) is 5.42. The Labute approximate surface area is 85.4 Å². The Kier molecular flexibility index (Phi) is 3.52. The fourth-order valence-electron chi connectivity index (χ4n) is 2.24. The fourth-order valence-corrected chi connectivity index (χ4v) is 3.58. The van der Waals surface area contributed by atoms with Crippen molar-refractivity contribution in [1.29, 1.82) is 0 Å². The lowest BCUT2D eigenvalue weighted by Crippen LogP contribution is -2.35. The molecule has 0 aromatic rings. The maximum Gasteiger partial charge on any atom is 0.0558 e. The van der Waals surface area contributed by atoms with Crippen molar-refractivity contribution in [2.24, 2.45) is 5.92 Å². The zero-order valence-corrected chi connectivity index (χ0v) is 9.28. The molecule has 3 heteroatoms. The first-order chi connectivity index (χ1) is 6.36. The van der Waals surface area contributed by atoms with Crippen molar-refractivity contribution in [3.8, 4) is 0 Å². The van der Waals surface area contributed by atoms with Gasteiger partial charge in [0.15, 0.2) is 0 Å². The zero-order chi connectivity index (χ0) is 9.10. The third-order valence-corrected chi connectivity index (χ3v) is 4.37. The molecule has 2 saturated heterocycles. The molecule has 2 fully saturated rings. The highest BCUT2D eigenvalue weighted by molar-refractivity contribution is 8.00. The maximum absolute atomic E-state index is 3.50. The van der Waals surface area contributed by atoms with Gasteiger partial charge in [-0.1, -0.05) is 6.92 Å². The molecule has 2 nitrogen and oxygen atoms in total. The largest absolute Gasteiger partial charge is 0.315 e. The molecular weight excluding hydrogens is 180 g/mol. The first-order valence-corrected chi connectivity index (χ1v) is 6.47. The number of nitrogens with zero attached hydrogens (tertiary/aromatic N) is 1. The first kappa shape index (κ1) is 9.81. The molecule has 0 aliphatic carbocycles. The van der Waals surface area contributed by atoms with Crippen molar-refractivity contribution in [2.45, 2.75) is 25.1 Å². The summed E-state index contributed by atoms with van der Waals surface area (Å²) >= 11 is 2.16. The number of rotatable bonds is 1. The van der Waals surface area contributed by atoms with Crippen LogP contribution in [0.15, 0.2) is 0 Å². The number of hydrogen-bond donors (Lipinski definition) is 1.